The molecule has 0 saturated carbocycles. The van der Waals surface area contributed by atoms with Gasteiger partial charge in [0.15, 0.2) is 5.16 Å². The third-order valence-electron chi connectivity index (χ3n) is 3.05. The van der Waals surface area contributed by atoms with Crippen LogP contribution in [-0.4, -0.2) is 54.1 Å². The molecule has 2 rings (SSSR count). The molecule has 0 N–H and O–H groups in total. The van der Waals surface area contributed by atoms with E-state index in [9.17, 15) is 0 Å². The van der Waals surface area contributed by atoms with Gasteiger partial charge in [-0.1, -0.05) is 23.9 Å². The summed E-state index contributed by atoms with van der Waals surface area (Å²) in [6.45, 7) is 5.44. The summed E-state index contributed by atoms with van der Waals surface area (Å²) in [5.74, 6) is 1.05. The smallest absolute Gasteiger partial charge is 0.169 e. The minimum Gasteiger partial charge on any atom is -0.380 e. The van der Waals surface area contributed by atoms with E-state index in [-0.39, 0.29) is 24.8 Å². The number of imidazole rings is 1. The van der Waals surface area contributed by atoms with Crippen LogP contribution in [0.4, 0.5) is 0 Å². The van der Waals surface area contributed by atoms with Crippen molar-refractivity contribution in [3.05, 3.63) is 24.3 Å². The first-order valence-corrected chi connectivity index (χ1v) is 8.01. The van der Waals surface area contributed by atoms with Crippen LogP contribution in [0.1, 0.15) is 6.92 Å². The van der Waals surface area contributed by atoms with E-state index in [2.05, 4.69) is 41.8 Å². The van der Waals surface area contributed by atoms with Crippen LogP contribution in [0.5, 0.6) is 0 Å². The molecule has 0 fully saturated rings. The van der Waals surface area contributed by atoms with Gasteiger partial charge in [-0.3, -0.25) is 0 Å². The number of para-hydroxylation sites is 2. The van der Waals surface area contributed by atoms with Gasteiger partial charge < -0.3 is 14.2 Å². The summed E-state index contributed by atoms with van der Waals surface area (Å²) in [4.78, 5) is 6.93. The number of halogens is 2. The zero-order valence-electron chi connectivity index (χ0n) is 13.3. The summed E-state index contributed by atoms with van der Waals surface area (Å²) < 4.78 is 7.76. The summed E-state index contributed by atoms with van der Waals surface area (Å²) in [5.41, 5.74) is 2.26. The van der Waals surface area contributed by atoms with Crippen molar-refractivity contribution >= 4 is 47.6 Å². The van der Waals surface area contributed by atoms with Crippen molar-refractivity contribution in [1.82, 2.24) is 14.5 Å². The van der Waals surface area contributed by atoms with E-state index >= 15 is 0 Å². The first-order valence-electron chi connectivity index (χ1n) is 7.03. The van der Waals surface area contributed by atoms with E-state index in [0.717, 1.165) is 42.7 Å². The highest BCUT2D eigenvalue weighted by Gasteiger charge is 2.10. The minimum absolute atomic E-state index is 0. The maximum Gasteiger partial charge on any atom is 0.169 e. The normalized spacial score (nSPS) is 10.5. The highest BCUT2D eigenvalue weighted by atomic mass is 35.5. The highest BCUT2D eigenvalue weighted by molar-refractivity contribution is 7.99. The zero-order chi connectivity index (χ0) is 14.4. The lowest BCUT2D eigenvalue weighted by atomic mass is 10.3. The van der Waals surface area contributed by atoms with Crippen molar-refractivity contribution in [1.29, 1.82) is 0 Å². The predicted octanol–water partition coefficient (Wildman–Crippen LogP) is 3.57. The number of rotatable bonds is 8. The molecule has 0 saturated heterocycles. The van der Waals surface area contributed by atoms with Crippen LogP contribution < -0.4 is 0 Å². The second-order valence-electron chi connectivity index (χ2n) is 4.88. The Hall–Kier alpha value is -0.460. The minimum atomic E-state index is 0. The van der Waals surface area contributed by atoms with Crippen LogP contribution in [0, 0.1) is 0 Å². The summed E-state index contributed by atoms with van der Waals surface area (Å²) >= 11 is 1.81. The van der Waals surface area contributed by atoms with Gasteiger partial charge in [0.2, 0.25) is 0 Å². The van der Waals surface area contributed by atoms with Crippen LogP contribution in [-0.2, 0) is 11.3 Å². The Bertz CT molecular complexity index is 549. The molecule has 7 heteroatoms. The summed E-state index contributed by atoms with van der Waals surface area (Å²) in [7, 11) is 4.19. The van der Waals surface area contributed by atoms with Gasteiger partial charge in [-0.15, -0.1) is 24.8 Å². The van der Waals surface area contributed by atoms with Crippen molar-refractivity contribution in [2.24, 2.45) is 0 Å². The third-order valence-corrected chi connectivity index (χ3v) is 4.01. The Labute approximate surface area is 149 Å². The molecule has 1 aromatic heterocycles. The largest absolute Gasteiger partial charge is 0.380 e. The molecule has 1 heterocycles. The van der Waals surface area contributed by atoms with Gasteiger partial charge in [0.05, 0.1) is 17.6 Å². The van der Waals surface area contributed by atoms with Gasteiger partial charge >= 0.3 is 0 Å². The van der Waals surface area contributed by atoms with Crippen molar-refractivity contribution < 1.29 is 4.74 Å². The topological polar surface area (TPSA) is 30.3 Å². The monoisotopic (exact) mass is 365 g/mol. The quantitative estimate of drug-likeness (QED) is 0.528. The van der Waals surface area contributed by atoms with Gasteiger partial charge in [0, 0.05) is 25.4 Å². The standard InChI is InChI=1S/C15H23N3OS.2ClH/c1-4-19-11-9-18-14-8-6-5-7-13(14)16-15(18)20-12-10-17(2)3;;/h5-8H,4,9-12H2,1-3H3;2*1H. The van der Waals surface area contributed by atoms with E-state index in [0.29, 0.717) is 0 Å². The van der Waals surface area contributed by atoms with Crippen molar-refractivity contribution in [3.8, 4) is 0 Å². The summed E-state index contributed by atoms with van der Waals surface area (Å²) in [6, 6.07) is 8.30. The van der Waals surface area contributed by atoms with Crippen LogP contribution in [0.15, 0.2) is 29.4 Å². The molecule has 0 amide bonds. The van der Waals surface area contributed by atoms with Crippen molar-refractivity contribution in [2.75, 3.05) is 39.6 Å². The fourth-order valence-electron chi connectivity index (χ4n) is 2.00. The molecule has 1 aromatic carbocycles. The van der Waals surface area contributed by atoms with E-state index in [1.54, 1.807) is 0 Å². The van der Waals surface area contributed by atoms with Gasteiger partial charge in [-0.2, -0.15) is 0 Å². The number of fused-ring (bicyclic) bond motifs is 1. The van der Waals surface area contributed by atoms with Gasteiger partial charge in [0.1, 0.15) is 0 Å². The molecule has 0 spiro atoms. The van der Waals surface area contributed by atoms with E-state index in [1.807, 2.05) is 24.8 Å². The predicted molar refractivity (Wildman–Crippen MR) is 100 cm³/mol. The number of hydrogen-bond acceptors (Lipinski definition) is 4. The zero-order valence-corrected chi connectivity index (χ0v) is 15.8. The Morgan fingerprint density at radius 3 is 2.64 bits per heavy atom. The molecule has 0 bridgehead atoms. The molecule has 0 aliphatic rings. The number of benzene rings is 1. The number of ether oxygens (including phenoxy) is 1. The second kappa shape index (κ2) is 11.1. The lowest BCUT2D eigenvalue weighted by Gasteiger charge is -2.11. The first-order chi connectivity index (χ1) is 9.72. The Morgan fingerprint density at radius 2 is 1.95 bits per heavy atom. The number of nitrogens with zero attached hydrogens (tertiary/aromatic N) is 3. The summed E-state index contributed by atoms with van der Waals surface area (Å²) in [5, 5.41) is 1.09. The fourth-order valence-corrected chi connectivity index (χ4v) is 3.15. The fraction of sp³-hybridized carbons (Fsp3) is 0.533. The second-order valence-corrected chi connectivity index (χ2v) is 5.95. The van der Waals surface area contributed by atoms with Crippen molar-refractivity contribution in [2.45, 2.75) is 18.6 Å². The molecule has 4 nitrogen and oxygen atoms in total. The van der Waals surface area contributed by atoms with Crippen LogP contribution >= 0.6 is 36.6 Å². The third kappa shape index (κ3) is 5.97. The Kier molecular flexibility index (Phi) is 10.9. The molecule has 0 aliphatic heterocycles. The number of aromatic nitrogens is 2. The molecule has 0 unspecified atom stereocenters. The highest BCUT2D eigenvalue weighted by Crippen LogP contribution is 2.23. The van der Waals surface area contributed by atoms with E-state index in [4.69, 9.17) is 9.72 Å². The van der Waals surface area contributed by atoms with Gasteiger partial charge in [0.25, 0.3) is 0 Å². The average Bonchev–Trinajstić information content (AvgIpc) is 2.77. The number of thioether (sulfide) groups is 1. The van der Waals surface area contributed by atoms with Crippen molar-refractivity contribution in [3.63, 3.8) is 0 Å². The molecule has 22 heavy (non-hydrogen) atoms. The Balaban J connectivity index is 0.00000220. The molecule has 2 aromatic rings. The van der Waals surface area contributed by atoms with E-state index in [1.165, 1.54) is 5.52 Å². The first kappa shape index (κ1) is 21.5. The van der Waals surface area contributed by atoms with Crippen LogP contribution in [0.2, 0.25) is 0 Å². The molecule has 0 radical (unpaired) electrons. The van der Waals surface area contributed by atoms with E-state index < -0.39 is 0 Å². The van der Waals surface area contributed by atoms with Gasteiger partial charge in [-0.05, 0) is 33.2 Å². The van der Waals surface area contributed by atoms with Gasteiger partial charge in [-0.25, -0.2) is 4.98 Å². The molecule has 0 aliphatic carbocycles. The lowest BCUT2D eigenvalue weighted by Crippen LogP contribution is -2.15. The molecular weight excluding hydrogens is 341 g/mol. The molecule has 126 valence electrons. The lowest BCUT2D eigenvalue weighted by molar-refractivity contribution is 0.138. The van der Waals surface area contributed by atoms with Crippen LogP contribution in [0.25, 0.3) is 11.0 Å². The maximum atomic E-state index is 5.49. The molecule has 0 atom stereocenters. The molecular formula is C15H25Cl2N3OS. The van der Waals surface area contributed by atoms with Crippen LogP contribution in [0.3, 0.4) is 0 Å². The Morgan fingerprint density at radius 1 is 1.23 bits per heavy atom. The number of hydrogen-bond donors (Lipinski definition) is 0. The maximum absolute atomic E-state index is 5.49. The SMILES string of the molecule is CCOCCn1c(SCCN(C)C)nc2ccccc21.Cl.Cl. The summed E-state index contributed by atoms with van der Waals surface area (Å²) in [6.07, 6.45) is 0. The average molecular weight is 366 g/mol.